The zero-order chi connectivity index (χ0) is 18.1. The van der Waals surface area contributed by atoms with Gasteiger partial charge >= 0.3 is 0 Å². The summed E-state index contributed by atoms with van der Waals surface area (Å²) in [7, 11) is 1.83. The molecule has 0 atom stereocenters. The van der Waals surface area contributed by atoms with Crippen molar-refractivity contribution in [2.24, 2.45) is 4.99 Å². The Kier molecular flexibility index (Phi) is 11.1. The van der Waals surface area contributed by atoms with Gasteiger partial charge in [0, 0.05) is 45.1 Å². The maximum atomic E-state index is 5.27. The van der Waals surface area contributed by atoms with E-state index in [1.807, 2.05) is 7.05 Å². The van der Waals surface area contributed by atoms with Gasteiger partial charge in [0.1, 0.15) is 0 Å². The molecule has 2 rings (SSSR count). The van der Waals surface area contributed by atoms with E-state index in [0.717, 1.165) is 37.1 Å². The second kappa shape index (κ2) is 12.5. The van der Waals surface area contributed by atoms with Gasteiger partial charge in [-0.2, -0.15) is 4.98 Å². The van der Waals surface area contributed by atoms with Crippen molar-refractivity contribution in [2.75, 3.05) is 33.2 Å². The van der Waals surface area contributed by atoms with Crippen LogP contribution >= 0.6 is 24.0 Å². The first-order valence-corrected chi connectivity index (χ1v) is 9.64. The van der Waals surface area contributed by atoms with E-state index in [0.29, 0.717) is 12.0 Å². The summed E-state index contributed by atoms with van der Waals surface area (Å²) in [5.41, 5.74) is 0. The van der Waals surface area contributed by atoms with Crippen molar-refractivity contribution in [3.05, 3.63) is 11.7 Å². The second-order valence-electron chi connectivity index (χ2n) is 7.06. The van der Waals surface area contributed by atoms with E-state index in [-0.39, 0.29) is 24.0 Å². The van der Waals surface area contributed by atoms with Crippen LogP contribution in [0.2, 0.25) is 0 Å². The average Bonchev–Trinajstić information content (AvgIpc) is 3.08. The summed E-state index contributed by atoms with van der Waals surface area (Å²) in [6, 6.07) is 0.517. The van der Waals surface area contributed by atoms with Crippen LogP contribution in [0.1, 0.15) is 64.1 Å². The SMILES string of the molecule is CCCN1CCC(NC(=NC)NCCCc2nc(C(C)C)no2)CC1.I. The van der Waals surface area contributed by atoms with Crippen LogP contribution < -0.4 is 10.6 Å². The summed E-state index contributed by atoms with van der Waals surface area (Å²) in [4.78, 5) is 11.3. The van der Waals surface area contributed by atoms with Gasteiger partial charge in [-0.15, -0.1) is 24.0 Å². The predicted octanol–water partition coefficient (Wildman–Crippen LogP) is 2.78. The number of aliphatic imine (C=N–C) groups is 1. The summed E-state index contributed by atoms with van der Waals surface area (Å²) in [5, 5.41) is 10.9. The highest BCUT2D eigenvalue weighted by Gasteiger charge is 2.19. The van der Waals surface area contributed by atoms with Crippen molar-refractivity contribution in [3.63, 3.8) is 0 Å². The Bertz CT molecular complexity index is 526. The van der Waals surface area contributed by atoms with E-state index < -0.39 is 0 Å². The Hall–Kier alpha value is -0.900. The Morgan fingerprint density at radius 2 is 2.08 bits per heavy atom. The fourth-order valence-corrected chi connectivity index (χ4v) is 3.06. The first-order valence-electron chi connectivity index (χ1n) is 9.64. The third kappa shape index (κ3) is 7.77. The molecule has 7 nitrogen and oxygen atoms in total. The highest BCUT2D eigenvalue weighted by atomic mass is 127. The molecule has 1 saturated heterocycles. The molecule has 2 heterocycles. The van der Waals surface area contributed by atoms with Crippen LogP contribution in [0.25, 0.3) is 0 Å². The maximum absolute atomic E-state index is 5.27. The normalized spacial score (nSPS) is 16.6. The van der Waals surface area contributed by atoms with Crippen LogP contribution in [-0.2, 0) is 6.42 Å². The highest BCUT2D eigenvalue weighted by molar-refractivity contribution is 14.0. The van der Waals surface area contributed by atoms with E-state index >= 15 is 0 Å². The molecule has 0 bridgehead atoms. The zero-order valence-electron chi connectivity index (χ0n) is 16.6. The minimum Gasteiger partial charge on any atom is -0.356 e. The lowest BCUT2D eigenvalue weighted by molar-refractivity contribution is 0.206. The lowest BCUT2D eigenvalue weighted by Crippen LogP contribution is -2.48. The van der Waals surface area contributed by atoms with Crippen molar-refractivity contribution >= 4 is 29.9 Å². The number of piperidine rings is 1. The number of likely N-dealkylation sites (tertiary alicyclic amines) is 1. The van der Waals surface area contributed by atoms with Gasteiger partial charge in [0.05, 0.1) is 0 Å². The van der Waals surface area contributed by atoms with Gasteiger partial charge in [0.2, 0.25) is 5.89 Å². The molecule has 1 aromatic rings. The van der Waals surface area contributed by atoms with Crippen molar-refractivity contribution < 1.29 is 4.52 Å². The van der Waals surface area contributed by atoms with Crippen molar-refractivity contribution in [3.8, 4) is 0 Å². The van der Waals surface area contributed by atoms with Gasteiger partial charge < -0.3 is 20.1 Å². The molecule has 1 aliphatic rings. The standard InChI is InChI=1S/C18H34N6O.HI/c1-5-11-24-12-8-15(9-13-24)21-18(19-4)20-10-6-7-16-22-17(14(2)3)23-25-16;/h14-15H,5-13H2,1-4H3,(H2,19,20,21);1H. The van der Waals surface area contributed by atoms with Gasteiger partial charge in [-0.3, -0.25) is 4.99 Å². The van der Waals surface area contributed by atoms with Crippen LogP contribution in [0.4, 0.5) is 0 Å². The van der Waals surface area contributed by atoms with Crippen molar-refractivity contribution in [1.29, 1.82) is 0 Å². The second-order valence-corrected chi connectivity index (χ2v) is 7.06. The van der Waals surface area contributed by atoms with Gasteiger partial charge in [0.25, 0.3) is 0 Å². The molecule has 1 aromatic heterocycles. The maximum Gasteiger partial charge on any atom is 0.226 e. The van der Waals surface area contributed by atoms with E-state index in [4.69, 9.17) is 4.52 Å². The lowest BCUT2D eigenvalue weighted by atomic mass is 10.1. The fraction of sp³-hybridized carbons (Fsp3) is 0.833. The average molecular weight is 478 g/mol. The fourth-order valence-electron chi connectivity index (χ4n) is 3.06. The Morgan fingerprint density at radius 1 is 1.35 bits per heavy atom. The molecular weight excluding hydrogens is 443 g/mol. The number of rotatable bonds is 8. The molecular formula is C18H35IN6O. The molecule has 1 fully saturated rings. The molecule has 1 aliphatic heterocycles. The molecule has 2 N–H and O–H groups in total. The molecule has 0 aliphatic carbocycles. The molecule has 0 unspecified atom stereocenters. The van der Waals surface area contributed by atoms with Gasteiger partial charge in [-0.1, -0.05) is 25.9 Å². The minimum atomic E-state index is 0. The summed E-state index contributed by atoms with van der Waals surface area (Å²) in [6.45, 7) is 10.8. The number of hydrogen-bond acceptors (Lipinski definition) is 5. The van der Waals surface area contributed by atoms with Crippen LogP contribution in [0.15, 0.2) is 9.52 Å². The lowest BCUT2D eigenvalue weighted by Gasteiger charge is -2.32. The molecule has 0 spiro atoms. The first-order chi connectivity index (χ1) is 12.1. The quantitative estimate of drug-likeness (QED) is 0.259. The van der Waals surface area contributed by atoms with Crippen LogP contribution in [0.3, 0.4) is 0 Å². The zero-order valence-corrected chi connectivity index (χ0v) is 19.0. The topological polar surface area (TPSA) is 78.6 Å². The van der Waals surface area contributed by atoms with Gasteiger partial charge in [-0.05, 0) is 32.2 Å². The van der Waals surface area contributed by atoms with Crippen LogP contribution in [-0.4, -0.2) is 60.3 Å². The Balaban J connectivity index is 0.00000338. The third-order valence-corrected chi connectivity index (χ3v) is 4.55. The molecule has 0 aromatic carbocycles. The Morgan fingerprint density at radius 3 is 2.65 bits per heavy atom. The molecule has 8 heteroatoms. The predicted molar refractivity (Wildman–Crippen MR) is 116 cm³/mol. The molecule has 26 heavy (non-hydrogen) atoms. The molecule has 150 valence electrons. The number of aromatic nitrogens is 2. The number of nitrogens with zero attached hydrogens (tertiary/aromatic N) is 4. The summed E-state index contributed by atoms with van der Waals surface area (Å²) >= 11 is 0. The largest absolute Gasteiger partial charge is 0.356 e. The van der Waals surface area contributed by atoms with Gasteiger partial charge in [0.15, 0.2) is 11.8 Å². The van der Waals surface area contributed by atoms with E-state index in [2.05, 4.69) is 51.4 Å². The summed E-state index contributed by atoms with van der Waals surface area (Å²) in [6.07, 6.45) is 5.33. The van der Waals surface area contributed by atoms with Crippen LogP contribution in [0.5, 0.6) is 0 Å². The van der Waals surface area contributed by atoms with E-state index in [1.54, 1.807) is 0 Å². The molecule has 0 saturated carbocycles. The van der Waals surface area contributed by atoms with Crippen LogP contribution in [0, 0.1) is 0 Å². The number of halogens is 1. The first kappa shape index (κ1) is 23.1. The van der Waals surface area contributed by atoms with Gasteiger partial charge in [-0.25, -0.2) is 0 Å². The number of aryl methyl sites for hydroxylation is 1. The van der Waals surface area contributed by atoms with E-state index in [9.17, 15) is 0 Å². The smallest absolute Gasteiger partial charge is 0.226 e. The Labute approximate surface area is 174 Å². The number of hydrogen-bond donors (Lipinski definition) is 2. The van der Waals surface area contributed by atoms with Crippen molar-refractivity contribution in [2.45, 2.75) is 64.8 Å². The minimum absolute atomic E-state index is 0. The summed E-state index contributed by atoms with van der Waals surface area (Å²) in [5.74, 6) is 2.70. The number of guanidine groups is 1. The molecule has 0 radical (unpaired) electrons. The highest BCUT2D eigenvalue weighted by Crippen LogP contribution is 2.11. The van der Waals surface area contributed by atoms with Crippen molar-refractivity contribution in [1.82, 2.24) is 25.7 Å². The molecule has 0 amide bonds. The van der Waals surface area contributed by atoms with E-state index in [1.165, 1.54) is 38.9 Å². The number of nitrogens with one attached hydrogen (secondary N) is 2. The summed E-state index contributed by atoms with van der Waals surface area (Å²) < 4.78 is 5.27. The monoisotopic (exact) mass is 478 g/mol. The third-order valence-electron chi connectivity index (χ3n) is 4.55.